The number of oxime groups is 1. The first-order chi connectivity index (χ1) is 9.37. The van der Waals surface area contributed by atoms with Crippen molar-refractivity contribution in [2.45, 2.75) is 39.5 Å². The second kappa shape index (κ2) is 6.58. The van der Waals surface area contributed by atoms with Crippen LogP contribution < -0.4 is 11.5 Å². The molecule has 0 saturated heterocycles. The van der Waals surface area contributed by atoms with Gasteiger partial charge in [0, 0.05) is 6.54 Å². The summed E-state index contributed by atoms with van der Waals surface area (Å²) in [6.07, 6.45) is 2.74. The molecule has 20 heavy (non-hydrogen) atoms. The van der Waals surface area contributed by atoms with Crippen LogP contribution in [-0.2, 0) is 9.59 Å². The summed E-state index contributed by atoms with van der Waals surface area (Å²) in [6.45, 7) is 4.32. The summed E-state index contributed by atoms with van der Waals surface area (Å²) in [5.74, 6) is -0.568. The summed E-state index contributed by atoms with van der Waals surface area (Å²) >= 11 is 0. The first kappa shape index (κ1) is 16.3. The SMILES string of the molecule is CCCCN(CC(N)=O)C(=O)C1(C(N)=NO)CC(C)C1. The summed E-state index contributed by atoms with van der Waals surface area (Å²) in [5, 5.41) is 11.9. The van der Waals surface area contributed by atoms with Crippen molar-refractivity contribution in [3.05, 3.63) is 0 Å². The first-order valence-corrected chi connectivity index (χ1v) is 6.93. The van der Waals surface area contributed by atoms with E-state index in [0.29, 0.717) is 25.3 Å². The van der Waals surface area contributed by atoms with Crippen LogP contribution in [0.3, 0.4) is 0 Å². The molecule has 1 aliphatic rings. The minimum Gasteiger partial charge on any atom is -0.409 e. The standard InChI is InChI=1S/C13H24N4O3/c1-3-4-5-17(8-10(14)18)12(19)13(11(15)16-20)6-9(2)7-13/h9,20H,3-8H2,1-2H3,(H2,14,18)(H2,15,16). The van der Waals surface area contributed by atoms with Crippen molar-refractivity contribution in [2.24, 2.45) is 28.0 Å². The van der Waals surface area contributed by atoms with E-state index in [2.05, 4.69) is 5.16 Å². The molecule has 0 unspecified atom stereocenters. The molecule has 0 aromatic heterocycles. The Bertz CT molecular complexity index is 402. The van der Waals surface area contributed by atoms with Crippen LogP contribution in [0.2, 0.25) is 0 Å². The van der Waals surface area contributed by atoms with Crippen LogP contribution in [-0.4, -0.2) is 40.8 Å². The van der Waals surface area contributed by atoms with Gasteiger partial charge in [-0.1, -0.05) is 25.4 Å². The number of nitrogens with zero attached hydrogens (tertiary/aromatic N) is 2. The van der Waals surface area contributed by atoms with Crippen molar-refractivity contribution in [1.82, 2.24) is 4.90 Å². The Morgan fingerprint density at radius 1 is 1.40 bits per heavy atom. The van der Waals surface area contributed by atoms with Gasteiger partial charge in [-0.25, -0.2) is 0 Å². The molecule has 1 aliphatic carbocycles. The number of carbonyl (C=O) groups is 2. The Morgan fingerprint density at radius 2 is 2.00 bits per heavy atom. The molecule has 0 aromatic rings. The number of carbonyl (C=O) groups excluding carboxylic acids is 2. The predicted molar refractivity (Wildman–Crippen MR) is 74.9 cm³/mol. The quantitative estimate of drug-likeness (QED) is 0.268. The van der Waals surface area contributed by atoms with Gasteiger partial charge in [0.1, 0.15) is 5.41 Å². The van der Waals surface area contributed by atoms with Crippen LogP contribution in [0.1, 0.15) is 39.5 Å². The van der Waals surface area contributed by atoms with Crippen molar-refractivity contribution >= 4 is 17.6 Å². The van der Waals surface area contributed by atoms with E-state index in [9.17, 15) is 9.59 Å². The van der Waals surface area contributed by atoms with Gasteiger partial charge < -0.3 is 21.6 Å². The third-order valence-corrected chi connectivity index (χ3v) is 3.82. The van der Waals surface area contributed by atoms with E-state index in [1.165, 1.54) is 4.90 Å². The summed E-state index contributed by atoms with van der Waals surface area (Å²) < 4.78 is 0. The molecule has 0 atom stereocenters. The lowest BCUT2D eigenvalue weighted by Gasteiger charge is -2.46. The number of nitrogens with two attached hydrogens (primary N) is 2. The van der Waals surface area contributed by atoms with E-state index >= 15 is 0 Å². The molecular formula is C13H24N4O3. The van der Waals surface area contributed by atoms with Crippen LogP contribution in [0, 0.1) is 11.3 Å². The van der Waals surface area contributed by atoms with Gasteiger partial charge in [0.25, 0.3) is 0 Å². The Morgan fingerprint density at radius 3 is 2.40 bits per heavy atom. The topological polar surface area (TPSA) is 122 Å². The van der Waals surface area contributed by atoms with E-state index in [-0.39, 0.29) is 18.3 Å². The van der Waals surface area contributed by atoms with Crippen molar-refractivity contribution in [3.63, 3.8) is 0 Å². The molecule has 1 fully saturated rings. The van der Waals surface area contributed by atoms with Gasteiger partial charge in [0.15, 0.2) is 5.84 Å². The van der Waals surface area contributed by atoms with Gasteiger partial charge in [-0.05, 0) is 25.2 Å². The molecular weight excluding hydrogens is 260 g/mol. The Balaban J connectivity index is 2.92. The van der Waals surface area contributed by atoms with Crippen LogP contribution in [0.4, 0.5) is 0 Å². The zero-order valence-corrected chi connectivity index (χ0v) is 12.1. The van der Waals surface area contributed by atoms with Crippen LogP contribution in [0.5, 0.6) is 0 Å². The van der Waals surface area contributed by atoms with Crippen LogP contribution in [0.25, 0.3) is 0 Å². The molecule has 7 nitrogen and oxygen atoms in total. The molecule has 0 aliphatic heterocycles. The first-order valence-electron chi connectivity index (χ1n) is 6.93. The maximum atomic E-state index is 12.7. The van der Waals surface area contributed by atoms with Gasteiger partial charge in [-0.3, -0.25) is 9.59 Å². The minimum atomic E-state index is -0.975. The minimum absolute atomic E-state index is 0.0773. The molecule has 114 valence electrons. The lowest BCUT2D eigenvalue weighted by Crippen LogP contribution is -2.58. The Hall–Kier alpha value is -1.79. The van der Waals surface area contributed by atoms with E-state index in [0.717, 1.165) is 12.8 Å². The highest BCUT2D eigenvalue weighted by molar-refractivity contribution is 6.08. The number of unbranched alkanes of at least 4 members (excludes halogenated alkanes) is 1. The molecule has 0 aromatic carbocycles. The molecule has 7 heteroatoms. The average molecular weight is 284 g/mol. The smallest absolute Gasteiger partial charge is 0.237 e. The molecule has 0 heterocycles. The van der Waals surface area contributed by atoms with Crippen molar-refractivity contribution < 1.29 is 14.8 Å². The van der Waals surface area contributed by atoms with Crippen molar-refractivity contribution in [1.29, 1.82) is 0 Å². The van der Waals surface area contributed by atoms with Gasteiger partial charge in [-0.15, -0.1) is 0 Å². The van der Waals surface area contributed by atoms with Crippen LogP contribution in [0.15, 0.2) is 5.16 Å². The highest BCUT2D eigenvalue weighted by atomic mass is 16.4. The fourth-order valence-corrected chi connectivity index (χ4v) is 2.81. The summed E-state index contributed by atoms with van der Waals surface area (Å²) in [6, 6.07) is 0. The largest absolute Gasteiger partial charge is 0.409 e. The number of amides is 2. The van der Waals surface area contributed by atoms with E-state index in [4.69, 9.17) is 16.7 Å². The highest BCUT2D eigenvalue weighted by Crippen LogP contribution is 2.47. The lowest BCUT2D eigenvalue weighted by molar-refractivity contribution is -0.146. The van der Waals surface area contributed by atoms with Crippen molar-refractivity contribution in [2.75, 3.05) is 13.1 Å². The lowest BCUT2D eigenvalue weighted by atomic mass is 9.61. The molecule has 0 bridgehead atoms. The zero-order chi connectivity index (χ0) is 15.3. The highest BCUT2D eigenvalue weighted by Gasteiger charge is 2.53. The zero-order valence-electron chi connectivity index (χ0n) is 12.1. The maximum absolute atomic E-state index is 12.7. The normalized spacial score (nSPS) is 25.9. The number of primary amides is 1. The second-order valence-corrected chi connectivity index (χ2v) is 5.63. The van der Waals surface area contributed by atoms with Gasteiger partial charge in [0.05, 0.1) is 6.54 Å². The number of amidine groups is 1. The average Bonchev–Trinajstić information content (AvgIpc) is 2.37. The van der Waals surface area contributed by atoms with Crippen molar-refractivity contribution in [3.8, 4) is 0 Å². The number of rotatable bonds is 7. The predicted octanol–water partition coefficient (Wildman–Crippen LogP) is 0.263. The maximum Gasteiger partial charge on any atom is 0.237 e. The summed E-state index contributed by atoms with van der Waals surface area (Å²) in [5.41, 5.74) is 9.93. The third kappa shape index (κ3) is 3.20. The van der Waals surface area contributed by atoms with Gasteiger partial charge in [-0.2, -0.15) is 0 Å². The molecule has 0 spiro atoms. The Kier molecular flexibility index (Phi) is 5.35. The fraction of sp³-hybridized carbons (Fsp3) is 0.769. The van der Waals surface area contributed by atoms with Crippen LogP contribution >= 0.6 is 0 Å². The summed E-state index contributed by atoms with van der Waals surface area (Å²) in [7, 11) is 0. The fourth-order valence-electron chi connectivity index (χ4n) is 2.81. The van der Waals surface area contributed by atoms with E-state index < -0.39 is 11.3 Å². The second-order valence-electron chi connectivity index (χ2n) is 5.63. The third-order valence-electron chi connectivity index (χ3n) is 3.82. The molecule has 2 amide bonds. The molecule has 5 N–H and O–H groups in total. The van der Waals surface area contributed by atoms with E-state index in [1.54, 1.807) is 0 Å². The Labute approximate surface area is 119 Å². The molecule has 1 rings (SSSR count). The molecule has 1 saturated carbocycles. The number of hydrogen-bond acceptors (Lipinski definition) is 4. The molecule has 0 radical (unpaired) electrons. The van der Waals surface area contributed by atoms with Gasteiger partial charge >= 0.3 is 0 Å². The monoisotopic (exact) mass is 284 g/mol. The van der Waals surface area contributed by atoms with Gasteiger partial charge in [0.2, 0.25) is 11.8 Å². The van der Waals surface area contributed by atoms with E-state index in [1.807, 2.05) is 13.8 Å². The summed E-state index contributed by atoms with van der Waals surface area (Å²) in [4.78, 5) is 25.2. The number of hydrogen-bond donors (Lipinski definition) is 3.